The van der Waals surface area contributed by atoms with Gasteiger partial charge in [-0.05, 0) is 19.3 Å². The van der Waals surface area contributed by atoms with E-state index >= 15 is 0 Å². The van der Waals surface area contributed by atoms with Gasteiger partial charge in [-0.25, -0.2) is 4.98 Å². The fraction of sp³-hybridized carbons (Fsp3) is 0.692. The fourth-order valence-electron chi connectivity index (χ4n) is 2.00. The first-order valence-electron chi connectivity index (χ1n) is 6.39. The standard InChI is InChI=1S/C13H23N3O2/c1-5-10-15-11(6-12(17)16-10)14-8-13(4,18)7-9(2)3/h6,9,18H,5,7-8H2,1-4H3,(H2,14,15,16,17). The smallest absolute Gasteiger partial charge is 0.252 e. The molecule has 1 rings (SSSR count). The number of hydrogen-bond donors (Lipinski definition) is 3. The van der Waals surface area contributed by atoms with Crippen molar-refractivity contribution < 1.29 is 5.11 Å². The van der Waals surface area contributed by atoms with E-state index in [1.54, 1.807) is 6.92 Å². The summed E-state index contributed by atoms with van der Waals surface area (Å²) in [5, 5.41) is 13.2. The lowest BCUT2D eigenvalue weighted by Crippen LogP contribution is -2.35. The summed E-state index contributed by atoms with van der Waals surface area (Å²) in [4.78, 5) is 18.3. The summed E-state index contributed by atoms with van der Waals surface area (Å²) in [6.45, 7) is 8.22. The van der Waals surface area contributed by atoms with Crippen LogP contribution in [0.3, 0.4) is 0 Å². The average Bonchev–Trinajstić information content (AvgIpc) is 2.24. The summed E-state index contributed by atoms with van der Waals surface area (Å²) in [6, 6.07) is 1.41. The van der Waals surface area contributed by atoms with E-state index in [-0.39, 0.29) is 5.56 Å². The molecule has 3 N–H and O–H groups in total. The molecule has 0 radical (unpaired) electrons. The molecule has 1 heterocycles. The van der Waals surface area contributed by atoms with E-state index in [9.17, 15) is 9.90 Å². The summed E-state index contributed by atoms with van der Waals surface area (Å²) < 4.78 is 0. The van der Waals surface area contributed by atoms with Crippen LogP contribution in [0.25, 0.3) is 0 Å². The molecule has 0 bridgehead atoms. The molecule has 5 heteroatoms. The zero-order valence-electron chi connectivity index (χ0n) is 11.6. The van der Waals surface area contributed by atoms with E-state index in [4.69, 9.17) is 0 Å². The number of anilines is 1. The second-order valence-electron chi connectivity index (χ2n) is 5.38. The number of aromatic nitrogens is 2. The van der Waals surface area contributed by atoms with Crippen LogP contribution in [0.5, 0.6) is 0 Å². The Labute approximate surface area is 108 Å². The normalized spacial score (nSPS) is 14.6. The van der Waals surface area contributed by atoms with Gasteiger partial charge in [-0.15, -0.1) is 0 Å². The lowest BCUT2D eigenvalue weighted by atomic mass is 9.94. The maximum atomic E-state index is 11.4. The van der Waals surface area contributed by atoms with Crippen molar-refractivity contribution in [2.75, 3.05) is 11.9 Å². The first-order valence-corrected chi connectivity index (χ1v) is 6.39. The summed E-state index contributed by atoms with van der Waals surface area (Å²) in [5.41, 5.74) is -0.974. The zero-order chi connectivity index (χ0) is 13.8. The Morgan fingerprint density at radius 1 is 1.56 bits per heavy atom. The molecule has 0 saturated heterocycles. The Balaban J connectivity index is 2.68. The van der Waals surface area contributed by atoms with Gasteiger partial charge in [-0.3, -0.25) is 4.79 Å². The Kier molecular flexibility index (Phi) is 4.90. The van der Waals surface area contributed by atoms with Crippen LogP contribution in [0.2, 0.25) is 0 Å². The number of H-pyrrole nitrogens is 1. The SMILES string of the molecule is CCc1nc(NCC(C)(O)CC(C)C)cc(=O)[nH]1. The van der Waals surface area contributed by atoms with Crippen molar-refractivity contribution in [3.8, 4) is 0 Å². The van der Waals surface area contributed by atoms with Crippen LogP contribution in [0.1, 0.15) is 39.9 Å². The minimum atomic E-state index is -0.801. The van der Waals surface area contributed by atoms with Crippen LogP contribution < -0.4 is 10.9 Å². The van der Waals surface area contributed by atoms with Crippen molar-refractivity contribution in [1.82, 2.24) is 9.97 Å². The Bertz CT molecular complexity index is 438. The molecule has 5 nitrogen and oxygen atoms in total. The first kappa shape index (κ1) is 14.7. The first-order chi connectivity index (χ1) is 8.32. The lowest BCUT2D eigenvalue weighted by Gasteiger charge is -2.25. The quantitative estimate of drug-likeness (QED) is 0.718. The molecule has 102 valence electrons. The van der Waals surface area contributed by atoms with E-state index < -0.39 is 5.60 Å². The molecule has 0 fully saturated rings. The van der Waals surface area contributed by atoms with E-state index in [2.05, 4.69) is 29.1 Å². The third-order valence-corrected chi connectivity index (χ3v) is 2.62. The molecule has 1 atom stereocenters. The highest BCUT2D eigenvalue weighted by Crippen LogP contribution is 2.16. The zero-order valence-corrected chi connectivity index (χ0v) is 11.6. The van der Waals surface area contributed by atoms with E-state index in [0.29, 0.717) is 36.9 Å². The molecular weight excluding hydrogens is 230 g/mol. The highest BCUT2D eigenvalue weighted by Gasteiger charge is 2.21. The van der Waals surface area contributed by atoms with E-state index in [0.717, 1.165) is 0 Å². The number of nitrogens with zero attached hydrogens (tertiary/aromatic N) is 1. The third kappa shape index (κ3) is 4.87. The predicted octanol–water partition coefficient (Wildman–Crippen LogP) is 1.54. The summed E-state index contributed by atoms with van der Waals surface area (Å²) in [6.07, 6.45) is 1.37. The van der Waals surface area contributed by atoms with Crippen LogP contribution >= 0.6 is 0 Å². The Hall–Kier alpha value is -1.36. The Morgan fingerprint density at radius 2 is 2.22 bits per heavy atom. The predicted molar refractivity (Wildman–Crippen MR) is 72.8 cm³/mol. The molecule has 1 aromatic heterocycles. The molecule has 0 aromatic carbocycles. The van der Waals surface area contributed by atoms with Crippen LogP contribution in [-0.4, -0.2) is 27.2 Å². The molecule has 0 aliphatic carbocycles. The maximum absolute atomic E-state index is 11.4. The largest absolute Gasteiger partial charge is 0.388 e. The number of rotatable bonds is 6. The van der Waals surface area contributed by atoms with Crippen molar-refractivity contribution >= 4 is 5.82 Å². The van der Waals surface area contributed by atoms with Gasteiger partial charge in [0.2, 0.25) is 0 Å². The molecule has 1 unspecified atom stereocenters. The van der Waals surface area contributed by atoms with Crippen molar-refractivity contribution in [2.24, 2.45) is 5.92 Å². The van der Waals surface area contributed by atoms with E-state index in [1.807, 2.05) is 6.92 Å². The molecule has 0 amide bonds. The van der Waals surface area contributed by atoms with Crippen LogP contribution in [0, 0.1) is 5.92 Å². The average molecular weight is 253 g/mol. The number of hydrogen-bond acceptors (Lipinski definition) is 4. The van der Waals surface area contributed by atoms with Crippen LogP contribution in [0.4, 0.5) is 5.82 Å². The van der Waals surface area contributed by atoms with Gasteiger partial charge in [0.1, 0.15) is 11.6 Å². The number of aryl methyl sites for hydroxylation is 1. The molecule has 18 heavy (non-hydrogen) atoms. The lowest BCUT2D eigenvalue weighted by molar-refractivity contribution is 0.0514. The second-order valence-corrected chi connectivity index (χ2v) is 5.38. The van der Waals surface area contributed by atoms with Gasteiger partial charge < -0.3 is 15.4 Å². The minimum Gasteiger partial charge on any atom is -0.388 e. The highest BCUT2D eigenvalue weighted by atomic mass is 16.3. The van der Waals surface area contributed by atoms with Gasteiger partial charge in [0, 0.05) is 19.0 Å². The molecule has 0 spiro atoms. The number of aromatic amines is 1. The van der Waals surface area contributed by atoms with Gasteiger partial charge >= 0.3 is 0 Å². The molecular formula is C13H23N3O2. The Morgan fingerprint density at radius 3 is 2.78 bits per heavy atom. The van der Waals surface area contributed by atoms with Gasteiger partial charge in [-0.1, -0.05) is 20.8 Å². The van der Waals surface area contributed by atoms with Crippen molar-refractivity contribution in [2.45, 2.75) is 46.1 Å². The minimum absolute atomic E-state index is 0.173. The van der Waals surface area contributed by atoms with E-state index in [1.165, 1.54) is 6.07 Å². The van der Waals surface area contributed by atoms with Crippen LogP contribution in [-0.2, 0) is 6.42 Å². The van der Waals surface area contributed by atoms with Gasteiger partial charge in [0.15, 0.2) is 0 Å². The number of aliphatic hydroxyl groups is 1. The second kappa shape index (κ2) is 6.00. The molecule has 0 aliphatic rings. The highest BCUT2D eigenvalue weighted by molar-refractivity contribution is 5.33. The topological polar surface area (TPSA) is 78.0 Å². The summed E-state index contributed by atoms with van der Waals surface area (Å²) >= 11 is 0. The number of nitrogens with one attached hydrogen (secondary N) is 2. The van der Waals surface area contributed by atoms with Gasteiger partial charge in [0.05, 0.1) is 5.60 Å². The van der Waals surface area contributed by atoms with Gasteiger partial charge in [-0.2, -0.15) is 0 Å². The fourth-order valence-corrected chi connectivity index (χ4v) is 2.00. The van der Waals surface area contributed by atoms with Crippen molar-refractivity contribution in [3.63, 3.8) is 0 Å². The molecule has 0 saturated carbocycles. The maximum Gasteiger partial charge on any atom is 0.252 e. The van der Waals surface area contributed by atoms with Gasteiger partial charge in [0.25, 0.3) is 5.56 Å². The van der Waals surface area contributed by atoms with Crippen molar-refractivity contribution in [1.29, 1.82) is 0 Å². The molecule has 0 aliphatic heterocycles. The summed E-state index contributed by atoms with van der Waals surface area (Å²) in [7, 11) is 0. The third-order valence-electron chi connectivity index (χ3n) is 2.62. The monoisotopic (exact) mass is 253 g/mol. The summed E-state index contributed by atoms with van der Waals surface area (Å²) in [5.74, 6) is 1.58. The van der Waals surface area contributed by atoms with Crippen molar-refractivity contribution in [3.05, 3.63) is 22.2 Å². The van der Waals surface area contributed by atoms with Crippen LogP contribution in [0.15, 0.2) is 10.9 Å². The molecule has 1 aromatic rings.